The molecule has 1 saturated heterocycles. The maximum Gasteiger partial charge on any atom is 0.354 e. The predicted molar refractivity (Wildman–Crippen MR) is 139 cm³/mol. The van der Waals surface area contributed by atoms with E-state index in [1.165, 1.54) is 11.7 Å². The summed E-state index contributed by atoms with van der Waals surface area (Å²) < 4.78 is 37.6. The average molecular weight is 523 g/mol. The molecule has 0 bridgehead atoms. The van der Waals surface area contributed by atoms with E-state index in [0.29, 0.717) is 44.0 Å². The molecule has 1 N–H and O–H groups in total. The number of aromatic nitrogens is 4. The summed E-state index contributed by atoms with van der Waals surface area (Å²) >= 11 is 0. The minimum atomic E-state index is -0.770. The van der Waals surface area contributed by atoms with Crippen molar-refractivity contribution in [3.05, 3.63) is 81.7 Å². The van der Waals surface area contributed by atoms with Gasteiger partial charge >= 0.3 is 11.7 Å². The quantitative estimate of drug-likeness (QED) is 0.387. The third-order valence-electron chi connectivity index (χ3n) is 7.21. The Kier molecular flexibility index (Phi) is 6.94. The molecular formula is C27H28F2N6O3. The number of esters is 1. The van der Waals surface area contributed by atoms with Crippen LogP contribution in [0.15, 0.2) is 47.5 Å². The summed E-state index contributed by atoms with van der Waals surface area (Å²) in [4.78, 5) is 35.1. The minimum absolute atomic E-state index is 0.0269. The molecule has 198 valence electrons. The van der Waals surface area contributed by atoms with Gasteiger partial charge in [-0.3, -0.25) is 9.47 Å². The van der Waals surface area contributed by atoms with Gasteiger partial charge in [0.25, 0.3) is 0 Å². The van der Waals surface area contributed by atoms with Gasteiger partial charge in [-0.05, 0) is 62.2 Å². The van der Waals surface area contributed by atoms with Crippen LogP contribution in [-0.2, 0) is 18.3 Å². The molecule has 11 heteroatoms. The van der Waals surface area contributed by atoms with E-state index >= 15 is 0 Å². The van der Waals surface area contributed by atoms with Gasteiger partial charge in [-0.25, -0.2) is 23.4 Å². The van der Waals surface area contributed by atoms with Gasteiger partial charge in [0, 0.05) is 49.7 Å². The van der Waals surface area contributed by atoms with Crippen molar-refractivity contribution in [2.24, 2.45) is 7.05 Å². The van der Waals surface area contributed by atoms with Crippen molar-refractivity contribution in [3.8, 4) is 5.69 Å². The number of anilines is 1. The first-order valence-electron chi connectivity index (χ1n) is 12.3. The number of ether oxygens (including phenoxy) is 1. The largest absolute Gasteiger partial charge is 0.465 e. The highest BCUT2D eigenvalue weighted by atomic mass is 19.1. The van der Waals surface area contributed by atoms with E-state index in [-0.39, 0.29) is 17.0 Å². The normalized spacial score (nSPS) is 14.7. The second kappa shape index (κ2) is 10.3. The van der Waals surface area contributed by atoms with Crippen molar-refractivity contribution in [1.82, 2.24) is 24.0 Å². The Labute approximate surface area is 217 Å². The number of nitrogens with zero attached hydrogens (tertiary/aromatic N) is 5. The van der Waals surface area contributed by atoms with Gasteiger partial charge in [0.05, 0.1) is 18.4 Å². The molecule has 3 aromatic heterocycles. The van der Waals surface area contributed by atoms with E-state index in [9.17, 15) is 18.4 Å². The van der Waals surface area contributed by atoms with E-state index in [4.69, 9.17) is 0 Å². The second-order valence-electron chi connectivity index (χ2n) is 9.37. The van der Waals surface area contributed by atoms with Crippen LogP contribution in [0.1, 0.15) is 40.4 Å². The van der Waals surface area contributed by atoms with Gasteiger partial charge in [-0.15, -0.1) is 0 Å². The third-order valence-corrected chi connectivity index (χ3v) is 7.21. The molecule has 0 amide bonds. The first-order valence-corrected chi connectivity index (χ1v) is 12.3. The average Bonchev–Trinajstić information content (AvgIpc) is 3.23. The van der Waals surface area contributed by atoms with Crippen LogP contribution in [0.2, 0.25) is 0 Å². The van der Waals surface area contributed by atoms with E-state index in [2.05, 4.69) is 24.9 Å². The van der Waals surface area contributed by atoms with Gasteiger partial charge in [-0.2, -0.15) is 4.98 Å². The van der Waals surface area contributed by atoms with Crippen LogP contribution in [0.3, 0.4) is 0 Å². The summed E-state index contributed by atoms with van der Waals surface area (Å²) in [6.07, 6.45) is 4.51. The molecule has 0 spiro atoms. The Hall–Kier alpha value is -4.12. The Bertz CT molecular complexity index is 1550. The maximum absolute atomic E-state index is 14.8. The fraction of sp³-hybridized carbons (Fsp3) is 0.333. The highest BCUT2D eigenvalue weighted by Crippen LogP contribution is 2.33. The smallest absolute Gasteiger partial charge is 0.354 e. The number of nitrogens with one attached hydrogen (secondary N) is 1. The van der Waals surface area contributed by atoms with Crippen LogP contribution in [0, 0.1) is 11.6 Å². The van der Waals surface area contributed by atoms with E-state index in [0.717, 1.165) is 28.9 Å². The van der Waals surface area contributed by atoms with E-state index < -0.39 is 23.3 Å². The monoisotopic (exact) mass is 522 g/mol. The number of carbonyl (C=O) groups excluding carboxylic acids is 1. The lowest BCUT2D eigenvalue weighted by atomic mass is 9.88. The minimum Gasteiger partial charge on any atom is -0.465 e. The van der Waals surface area contributed by atoms with Crippen molar-refractivity contribution in [2.75, 3.05) is 32.6 Å². The van der Waals surface area contributed by atoms with E-state index in [1.54, 1.807) is 31.6 Å². The highest BCUT2D eigenvalue weighted by molar-refractivity contribution is 5.89. The van der Waals surface area contributed by atoms with Crippen molar-refractivity contribution in [3.63, 3.8) is 0 Å². The molecule has 0 unspecified atom stereocenters. The number of piperidine rings is 1. The highest BCUT2D eigenvalue weighted by Gasteiger charge is 2.27. The first-order chi connectivity index (χ1) is 18.3. The molecule has 4 heterocycles. The maximum atomic E-state index is 14.8. The summed E-state index contributed by atoms with van der Waals surface area (Å²) in [6.45, 7) is 1.93. The molecule has 0 radical (unpaired) electrons. The van der Waals surface area contributed by atoms with Crippen LogP contribution in [-0.4, -0.2) is 57.2 Å². The number of hydrogen-bond donors (Lipinski definition) is 1. The molecule has 1 fully saturated rings. The summed E-state index contributed by atoms with van der Waals surface area (Å²) in [7, 11) is 4.81. The number of fused-ring (bicyclic) bond motifs is 1. The molecule has 0 atom stereocenters. The number of benzene rings is 1. The number of carbonyl (C=O) groups is 1. The molecule has 4 aromatic rings. The van der Waals surface area contributed by atoms with Gasteiger partial charge in [0.15, 0.2) is 0 Å². The number of rotatable bonds is 6. The van der Waals surface area contributed by atoms with Gasteiger partial charge in [-0.1, -0.05) is 0 Å². The molecule has 5 rings (SSSR count). The summed E-state index contributed by atoms with van der Waals surface area (Å²) in [5.74, 6) is -1.99. The fourth-order valence-electron chi connectivity index (χ4n) is 5.16. The Morgan fingerprint density at radius 1 is 1.16 bits per heavy atom. The number of aryl methyl sites for hydroxylation is 1. The fourth-order valence-corrected chi connectivity index (χ4v) is 5.16. The van der Waals surface area contributed by atoms with Crippen molar-refractivity contribution < 1.29 is 18.3 Å². The van der Waals surface area contributed by atoms with Crippen LogP contribution >= 0.6 is 0 Å². The predicted octanol–water partition coefficient (Wildman–Crippen LogP) is 3.61. The van der Waals surface area contributed by atoms with Crippen LogP contribution in [0.4, 0.5) is 14.6 Å². The second-order valence-corrected chi connectivity index (χ2v) is 9.37. The SMILES string of the molecule is CNc1ccn(-c2ccnc3c2cc(CN2CCC(c4c(F)cc(C(=O)OC)cc4F)CC2)n3C)c(=O)n1. The Morgan fingerprint density at radius 2 is 1.87 bits per heavy atom. The molecule has 0 aliphatic carbocycles. The molecule has 1 aliphatic rings. The molecule has 1 aromatic carbocycles. The number of pyridine rings is 1. The third kappa shape index (κ3) is 4.65. The molecule has 0 saturated carbocycles. The number of methoxy groups -OCH3 is 1. The van der Waals surface area contributed by atoms with Gasteiger partial charge in [0.2, 0.25) is 0 Å². The summed E-state index contributed by atoms with van der Waals surface area (Å²) in [5.41, 5.74) is 1.94. The number of likely N-dealkylation sites (tertiary alicyclic amines) is 1. The van der Waals surface area contributed by atoms with Gasteiger partial charge < -0.3 is 14.6 Å². The molecule has 38 heavy (non-hydrogen) atoms. The standard InChI is InChI=1S/C27H28F2N6O3/c1-30-23-7-11-35(27(37)32-23)22-4-8-31-25-19(22)14-18(33(25)2)15-34-9-5-16(6-10-34)24-20(28)12-17(13-21(24)29)26(36)38-3/h4,7-8,11-14,16H,5-6,9-10,15H2,1-3H3,(H,30,32,37). The van der Waals surface area contributed by atoms with Crippen molar-refractivity contribution >= 4 is 22.8 Å². The molecular weight excluding hydrogens is 494 g/mol. The number of halogens is 2. The number of hydrogen-bond acceptors (Lipinski definition) is 7. The zero-order valence-electron chi connectivity index (χ0n) is 21.4. The van der Waals surface area contributed by atoms with Crippen molar-refractivity contribution in [2.45, 2.75) is 25.3 Å². The van der Waals surface area contributed by atoms with Crippen LogP contribution in [0.25, 0.3) is 16.7 Å². The van der Waals surface area contributed by atoms with Crippen LogP contribution in [0.5, 0.6) is 0 Å². The summed E-state index contributed by atoms with van der Waals surface area (Å²) in [6, 6.07) is 7.63. The molecule has 9 nitrogen and oxygen atoms in total. The zero-order valence-corrected chi connectivity index (χ0v) is 21.4. The summed E-state index contributed by atoms with van der Waals surface area (Å²) in [5, 5.41) is 3.69. The first kappa shape index (κ1) is 25.5. The van der Waals surface area contributed by atoms with E-state index in [1.807, 2.05) is 17.7 Å². The van der Waals surface area contributed by atoms with Crippen LogP contribution < -0.4 is 11.0 Å². The Balaban J connectivity index is 1.34. The lowest BCUT2D eigenvalue weighted by Crippen LogP contribution is -2.33. The lowest BCUT2D eigenvalue weighted by Gasteiger charge is -2.32. The Morgan fingerprint density at radius 3 is 2.50 bits per heavy atom. The van der Waals surface area contributed by atoms with Gasteiger partial charge in [0.1, 0.15) is 23.1 Å². The molecule has 1 aliphatic heterocycles. The van der Waals surface area contributed by atoms with Crippen molar-refractivity contribution in [1.29, 1.82) is 0 Å². The lowest BCUT2D eigenvalue weighted by molar-refractivity contribution is 0.0599. The topological polar surface area (TPSA) is 94.3 Å². The zero-order chi connectivity index (χ0) is 27.0.